The molecule has 206 valence electrons. The molecule has 0 atom stereocenters. The van der Waals surface area contributed by atoms with Crippen molar-refractivity contribution in [2.45, 2.75) is 18.7 Å². The number of methoxy groups -OCH3 is 1. The third-order valence-electron chi connectivity index (χ3n) is 5.35. The summed E-state index contributed by atoms with van der Waals surface area (Å²) in [5.41, 5.74) is 4.11. The molecule has 3 aromatic carbocycles. The van der Waals surface area contributed by atoms with Gasteiger partial charge in [0.05, 0.1) is 35.5 Å². The summed E-state index contributed by atoms with van der Waals surface area (Å²) in [4.78, 5) is 12.9. The van der Waals surface area contributed by atoms with Gasteiger partial charge >= 0.3 is 0 Å². The fourth-order valence-corrected chi connectivity index (χ4v) is 5.11. The van der Waals surface area contributed by atoms with Crippen molar-refractivity contribution in [2.75, 3.05) is 31.2 Å². The van der Waals surface area contributed by atoms with Gasteiger partial charge in [-0.25, -0.2) is 13.8 Å². The maximum atomic E-state index is 13.5. The minimum absolute atomic E-state index is 0.0264. The van der Waals surface area contributed by atoms with Gasteiger partial charge in [0.25, 0.3) is 15.9 Å². The van der Waals surface area contributed by atoms with Gasteiger partial charge in [-0.1, -0.05) is 42.0 Å². The second-order valence-corrected chi connectivity index (χ2v) is 10.4. The summed E-state index contributed by atoms with van der Waals surface area (Å²) in [5, 5.41) is 4.19. The molecular formula is C28H30ClN3O6S. The lowest BCUT2D eigenvalue weighted by Gasteiger charge is -2.24. The van der Waals surface area contributed by atoms with Gasteiger partial charge in [-0.2, -0.15) is 5.10 Å². The number of carbonyl (C=O) groups excluding carboxylic acids is 1. The van der Waals surface area contributed by atoms with Crippen LogP contribution in [0.15, 0.2) is 83.3 Å². The summed E-state index contributed by atoms with van der Waals surface area (Å²) >= 11 is 6.26. The number of carbonyl (C=O) groups is 1. The summed E-state index contributed by atoms with van der Waals surface area (Å²) in [5.74, 6) is 0.772. The average Bonchev–Trinajstić information content (AvgIpc) is 2.91. The van der Waals surface area contributed by atoms with E-state index in [-0.39, 0.29) is 15.6 Å². The summed E-state index contributed by atoms with van der Waals surface area (Å²) in [7, 11) is -2.67. The minimum Gasteiger partial charge on any atom is -0.495 e. The minimum atomic E-state index is -4.12. The molecule has 0 spiro atoms. The summed E-state index contributed by atoms with van der Waals surface area (Å²) in [6.45, 7) is 7.54. The second kappa shape index (κ2) is 13.7. The molecule has 0 unspecified atom stereocenters. The highest BCUT2D eigenvalue weighted by Crippen LogP contribution is 2.32. The largest absolute Gasteiger partial charge is 0.495 e. The first-order valence-electron chi connectivity index (χ1n) is 11.9. The Morgan fingerprint density at radius 3 is 2.41 bits per heavy atom. The first kappa shape index (κ1) is 29.5. The van der Waals surface area contributed by atoms with Crippen molar-refractivity contribution < 1.29 is 27.4 Å². The highest BCUT2D eigenvalue weighted by Gasteiger charge is 2.28. The highest BCUT2D eigenvalue weighted by atomic mass is 35.5. The predicted molar refractivity (Wildman–Crippen MR) is 153 cm³/mol. The lowest BCUT2D eigenvalue weighted by Crippen LogP contribution is -2.39. The van der Waals surface area contributed by atoms with Gasteiger partial charge in [0, 0.05) is 0 Å². The molecule has 3 rings (SSSR count). The van der Waals surface area contributed by atoms with Gasteiger partial charge < -0.3 is 14.2 Å². The van der Waals surface area contributed by atoms with Crippen molar-refractivity contribution in [3.63, 3.8) is 0 Å². The van der Waals surface area contributed by atoms with E-state index in [1.54, 1.807) is 36.4 Å². The number of hydrogen-bond donors (Lipinski definition) is 1. The van der Waals surface area contributed by atoms with Crippen LogP contribution < -0.4 is 23.9 Å². The van der Waals surface area contributed by atoms with Gasteiger partial charge in [-0.15, -0.1) is 0 Å². The molecule has 39 heavy (non-hydrogen) atoms. The lowest BCUT2D eigenvalue weighted by atomic mass is 10.2. The van der Waals surface area contributed by atoms with Crippen molar-refractivity contribution in [3.8, 4) is 17.2 Å². The summed E-state index contributed by atoms with van der Waals surface area (Å²) < 4.78 is 44.4. The van der Waals surface area contributed by atoms with Crippen LogP contribution in [0.25, 0.3) is 0 Å². The zero-order valence-corrected chi connectivity index (χ0v) is 23.5. The van der Waals surface area contributed by atoms with Crippen molar-refractivity contribution in [1.29, 1.82) is 0 Å². The van der Waals surface area contributed by atoms with Crippen LogP contribution in [0.2, 0.25) is 5.02 Å². The van der Waals surface area contributed by atoms with Crippen LogP contribution in [0.5, 0.6) is 17.2 Å². The number of nitrogens with one attached hydrogen (secondary N) is 1. The number of amides is 1. The Kier molecular flexibility index (Phi) is 10.4. The maximum absolute atomic E-state index is 13.5. The monoisotopic (exact) mass is 571 g/mol. The van der Waals surface area contributed by atoms with Gasteiger partial charge in [0.1, 0.15) is 18.9 Å². The van der Waals surface area contributed by atoms with Crippen LogP contribution in [0.3, 0.4) is 0 Å². The molecule has 0 aliphatic rings. The zero-order chi connectivity index (χ0) is 28.4. The van der Waals surface area contributed by atoms with Gasteiger partial charge in [-0.05, 0) is 67.9 Å². The number of halogens is 1. The average molecular weight is 572 g/mol. The molecule has 11 heteroatoms. The Hall–Kier alpha value is -4.02. The fourth-order valence-electron chi connectivity index (χ4n) is 3.45. The first-order chi connectivity index (χ1) is 18.7. The molecule has 0 saturated heterocycles. The van der Waals surface area contributed by atoms with Gasteiger partial charge in [0.2, 0.25) is 0 Å². The Morgan fingerprint density at radius 2 is 1.77 bits per heavy atom. The van der Waals surface area contributed by atoms with E-state index in [1.807, 2.05) is 13.8 Å². The number of benzene rings is 3. The van der Waals surface area contributed by atoms with E-state index in [2.05, 4.69) is 17.1 Å². The molecule has 0 aliphatic carbocycles. The zero-order valence-electron chi connectivity index (χ0n) is 21.9. The van der Waals surface area contributed by atoms with E-state index < -0.39 is 22.5 Å². The van der Waals surface area contributed by atoms with E-state index in [0.29, 0.717) is 36.0 Å². The smallest absolute Gasteiger partial charge is 0.264 e. The summed E-state index contributed by atoms with van der Waals surface area (Å²) in [6, 6.07) is 16.0. The quantitative estimate of drug-likeness (QED) is 0.176. The third-order valence-corrected chi connectivity index (χ3v) is 7.43. The van der Waals surface area contributed by atoms with Crippen LogP contribution >= 0.6 is 11.6 Å². The summed E-state index contributed by atoms with van der Waals surface area (Å²) in [6.07, 6.45) is 3.05. The molecule has 0 radical (unpaired) electrons. The lowest BCUT2D eigenvalue weighted by molar-refractivity contribution is -0.119. The number of sulfonamides is 1. The molecule has 1 N–H and O–H groups in total. The van der Waals surface area contributed by atoms with E-state index in [1.165, 1.54) is 43.7 Å². The maximum Gasteiger partial charge on any atom is 0.264 e. The molecule has 0 aliphatic heterocycles. The van der Waals surface area contributed by atoms with E-state index >= 15 is 0 Å². The van der Waals surface area contributed by atoms with Crippen LogP contribution in [0.1, 0.15) is 18.1 Å². The fraction of sp³-hybridized carbons (Fsp3) is 0.214. The van der Waals surface area contributed by atoms with Crippen LogP contribution in [0.4, 0.5) is 5.69 Å². The van der Waals surface area contributed by atoms with Crippen molar-refractivity contribution >= 4 is 39.4 Å². The molecule has 1 amide bonds. The van der Waals surface area contributed by atoms with Gasteiger partial charge in [-0.3, -0.25) is 9.10 Å². The van der Waals surface area contributed by atoms with Crippen molar-refractivity contribution in [2.24, 2.45) is 5.10 Å². The molecular weight excluding hydrogens is 542 g/mol. The molecule has 0 heterocycles. The van der Waals surface area contributed by atoms with Crippen molar-refractivity contribution in [1.82, 2.24) is 5.43 Å². The Balaban J connectivity index is 1.83. The number of ether oxygens (including phenoxy) is 3. The van der Waals surface area contributed by atoms with Crippen LogP contribution in [0, 0.1) is 6.92 Å². The molecule has 0 fully saturated rings. The molecule has 3 aromatic rings. The SMILES string of the molecule is C=CCOc1ccc(/C=N\NC(=O)CN(c2ccc(OC)c(Cl)c2)S(=O)(=O)c2ccc(C)cc2)cc1OCC. The first-order valence-corrected chi connectivity index (χ1v) is 13.8. The number of nitrogens with zero attached hydrogens (tertiary/aromatic N) is 2. The Morgan fingerprint density at radius 1 is 1.05 bits per heavy atom. The third kappa shape index (κ3) is 7.75. The van der Waals surface area contributed by atoms with Crippen LogP contribution in [-0.2, 0) is 14.8 Å². The molecule has 0 aromatic heterocycles. The number of rotatable bonds is 13. The number of hydrazone groups is 1. The Bertz CT molecular complexity index is 1440. The van der Waals surface area contributed by atoms with E-state index in [9.17, 15) is 13.2 Å². The Labute approximate surface area is 233 Å². The number of aryl methyl sites for hydroxylation is 1. The number of anilines is 1. The molecule has 0 bridgehead atoms. The van der Waals surface area contributed by atoms with Gasteiger partial charge in [0.15, 0.2) is 11.5 Å². The second-order valence-electron chi connectivity index (χ2n) is 8.18. The normalized spacial score (nSPS) is 11.2. The predicted octanol–water partition coefficient (Wildman–Crippen LogP) is 4.97. The van der Waals surface area contributed by atoms with E-state index in [0.717, 1.165) is 9.87 Å². The highest BCUT2D eigenvalue weighted by molar-refractivity contribution is 7.92. The van der Waals surface area contributed by atoms with E-state index in [4.69, 9.17) is 25.8 Å². The topological polar surface area (TPSA) is 107 Å². The molecule has 9 nitrogen and oxygen atoms in total. The number of hydrogen-bond acceptors (Lipinski definition) is 7. The standard InChI is InChI=1S/C28H30ClN3O6S/c1-5-15-38-26-13-9-21(16-27(26)37-6-2)18-30-31-28(33)19-32(22-10-14-25(36-4)24(29)17-22)39(34,35)23-11-7-20(3)8-12-23/h5,7-14,16-18H,1,6,15,19H2,2-4H3,(H,31,33)/b30-18-. The molecule has 0 saturated carbocycles. The van der Waals surface area contributed by atoms with Crippen LogP contribution in [-0.4, -0.2) is 47.4 Å². The van der Waals surface area contributed by atoms with Crippen molar-refractivity contribution in [3.05, 3.63) is 89.5 Å².